The van der Waals surface area contributed by atoms with Gasteiger partial charge in [0.2, 0.25) is 5.91 Å². The van der Waals surface area contributed by atoms with E-state index in [0.717, 1.165) is 37.3 Å². The van der Waals surface area contributed by atoms with Gasteiger partial charge in [-0.1, -0.05) is 13.8 Å². The second kappa shape index (κ2) is 5.61. The number of ether oxygens (including phenoxy) is 1. The SMILES string of the molecule is CC(C)CCOc1ccc(NC(=O)C2(N)CC2)cc1. The van der Waals surface area contributed by atoms with Gasteiger partial charge in [0, 0.05) is 5.69 Å². The molecule has 0 spiro atoms. The molecule has 1 aliphatic carbocycles. The molecule has 3 N–H and O–H groups in total. The minimum Gasteiger partial charge on any atom is -0.494 e. The lowest BCUT2D eigenvalue weighted by molar-refractivity contribution is -0.118. The van der Waals surface area contributed by atoms with Crippen molar-refractivity contribution in [3.05, 3.63) is 24.3 Å². The first kappa shape index (κ1) is 13.9. The van der Waals surface area contributed by atoms with Crippen molar-refractivity contribution in [3.63, 3.8) is 0 Å². The maximum atomic E-state index is 11.8. The van der Waals surface area contributed by atoms with Crippen LogP contribution in [0.25, 0.3) is 0 Å². The maximum absolute atomic E-state index is 11.8. The van der Waals surface area contributed by atoms with E-state index in [0.29, 0.717) is 5.92 Å². The van der Waals surface area contributed by atoms with Crippen LogP contribution in [0, 0.1) is 5.92 Å². The van der Waals surface area contributed by atoms with E-state index in [1.807, 2.05) is 24.3 Å². The molecule has 1 saturated carbocycles. The van der Waals surface area contributed by atoms with Crippen molar-refractivity contribution in [3.8, 4) is 5.75 Å². The van der Waals surface area contributed by atoms with Crippen LogP contribution in [0.15, 0.2) is 24.3 Å². The van der Waals surface area contributed by atoms with Gasteiger partial charge in [-0.2, -0.15) is 0 Å². The van der Waals surface area contributed by atoms with Crippen molar-refractivity contribution >= 4 is 11.6 Å². The Morgan fingerprint density at radius 1 is 1.37 bits per heavy atom. The molecule has 0 unspecified atom stereocenters. The predicted molar refractivity (Wildman–Crippen MR) is 76.2 cm³/mol. The van der Waals surface area contributed by atoms with Gasteiger partial charge in [0.1, 0.15) is 5.75 Å². The maximum Gasteiger partial charge on any atom is 0.244 e. The molecule has 19 heavy (non-hydrogen) atoms. The van der Waals surface area contributed by atoms with Crippen molar-refractivity contribution in [2.75, 3.05) is 11.9 Å². The average molecular weight is 262 g/mol. The standard InChI is InChI=1S/C15H22N2O2/c1-11(2)7-10-19-13-5-3-12(4-6-13)17-14(18)15(16)8-9-15/h3-6,11H,7-10,16H2,1-2H3,(H,17,18). The van der Waals surface area contributed by atoms with E-state index >= 15 is 0 Å². The van der Waals surface area contributed by atoms with Crippen LogP contribution in [0.1, 0.15) is 33.1 Å². The van der Waals surface area contributed by atoms with Crippen molar-refractivity contribution in [2.45, 2.75) is 38.6 Å². The Hall–Kier alpha value is -1.55. The van der Waals surface area contributed by atoms with Gasteiger partial charge in [-0.15, -0.1) is 0 Å². The molecule has 1 aliphatic rings. The second-order valence-electron chi connectivity index (χ2n) is 5.67. The Morgan fingerprint density at radius 2 is 2.00 bits per heavy atom. The first-order valence-corrected chi connectivity index (χ1v) is 6.83. The number of benzene rings is 1. The molecule has 0 heterocycles. The third-order valence-corrected chi connectivity index (χ3v) is 3.32. The Kier molecular flexibility index (Phi) is 4.10. The number of hydrogen-bond acceptors (Lipinski definition) is 3. The number of hydrogen-bond donors (Lipinski definition) is 2. The Bertz CT molecular complexity index is 436. The van der Waals surface area contributed by atoms with Crippen LogP contribution in [-0.2, 0) is 4.79 Å². The Labute approximate surface area is 114 Å². The van der Waals surface area contributed by atoms with Crippen LogP contribution in [-0.4, -0.2) is 18.1 Å². The number of carbonyl (C=O) groups excluding carboxylic acids is 1. The summed E-state index contributed by atoms with van der Waals surface area (Å²) in [4.78, 5) is 11.8. The summed E-state index contributed by atoms with van der Waals surface area (Å²) >= 11 is 0. The lowest BCUT2D eigenvalue weighted by Gasteiger charge is -2.11. The topological polar surface area (TPSA) is 64.3 Å². The number of amides is 1. The number of nitrogens with one attached hydrogen (secondary N) is 1. The zero-order valence-electron chi connectivity index (χ0n) is 11.6. The van der Waals surface area contributed by atoms with E-state index in [9.17, 15) is 4.79 Å². The number of rotatable bonds is 6. The molecule has 1 fully saturated rings. The van der Waals surface area contributed by atoms with Gasteiger partial charge in [-0.3, -0.25) is 4.79 Å². The van der Waals surface area contributed by atoms with E-state index in [2.05, 4.69) is 19.2 Å². The molecule has 0 aliphatic heterocycles. The quantitative estimate of drug-likeness (QED) is 0.828. The van der Waals surface area contributed by atoms with Crippen molar-refractivity contribution < 1.29 is 9.53 Å². The molecule has 4 heteroatoms. The van der Waals surface area contributed by atoms with Gasteiger partial charge in [0.25, 0.3) is 0 Å². The minimum absolute atomic E-state index is 0.0963. The summed E-state index contributed by atoms with van der Waals surface area (Å²) in [5, 5.41) is 2.83. The first-order valence-electron chi connectivity index (χ1n) is 6.83. The Morgan fingerprint density at radius 3 is 2.53 bits per heavy atom. The van der Waals surface area contributed by atoms with Gasteiger partial charge >= 0.3 is 0 Å². The lowest BCUT2D eigenvalue weighted by Crippen LogP contribution is -2.37. The molecule has 0 aromatic heterocycles. The van der Waals surface area contributed by atoms with Crippen LogP contribution in [0.4, 0.5) is 5.69 Å². The molecule has 0 saturated heterocycles. The number of anilines is 1. The summed E-state index contributed by atoms with van der Waals surface area (Å²) in [6, 6.07) is 7.42. The van der Waals surface area contributed by atoms with Crippen LogP contribution < -0.4 is 15.8 Å². The van der Waals surface area contributed by atoms with Gasteiger partial charge in [-0.25, -0.2) is 0 Å². The highest BCUT2D eigenvalue weighted by molar-refractivity contribution is 6.00. The fraction of sp³-hybridized carbons (Fsp3) is 0.533. The minimum atomic E-state index is -0.633. The normalized spacial score (nSPS) is 16.2. The molecule has 0 radical (unpaired) electrons. The van der Waals surface area contributed by atoms with Gasteiger partial charge in [-0.05, 0) is 49.4 Å². The number of carbonyl (C=O) groups is 1. The molecule has 4 nitrogen and oxygen atoms in total. The molecule has 0 atom stereocenters. The van der Waals surface area contributed by atoms with Crippen LogP contribution in [0.5, 0.6) is 5.75 Å². The summed E-state index contributed by atoms with van der Waals surface area (Å²) in [6.07, 6.45) is 2.58. The van der Waals surface area contributed by atoms with E-state index in [1.54, 1.807) is 0 Å². The zero-order chi connectivity index (χ0) is 13.9. The van der Waals surface area contributed by atoms with Crippen molar-refractivity contribution in [1.82, 2.24) is 0 Å². The van der Waals surface area contributed by atoms with Crippen molar-refractivity contribution in [1.29, 1.82) is 0 Å². The molecular formula is C15H22N2O2. The summed E-state index contributed by atoms with van der Waals surface area (Å²) < 4.78 is 5.62. The summed E-state index contributed by atoms with van der Waals surface area (Å²) in [6.45, 7) is 5.06. The van der Waals surface area contributed by atoms with Crippen molar-refractivity contribution in [2.24, 2.45) is 11.7 Å². The fourth-order valence-corrected chi connectivity index (χ4v) is 1.66. The molecular weight excluding hydrogens is 240 g/mol. The molecule has 1 amide bonds. The summed E-state index contributed by atoms with van der Waals surface area (Å²) in [7, 11) is 0. The van der Waals surface area contributed by atoms with Gasteiger partial charge in [0.05, 0.1) is 12.1 Å². The fourth-order valence-electron chi connectivity index (χ4n) is 1.66. The zero-order valence-corrected chi connectivity index (χ0v) is 11.6. The highest BCUT2D eigenvalue weighted by Gasteiger charge is 2.45. The average Bonchev–Trinajstić information content (AvgIpc) is 3.10. The van der Waals surface area contributed by atoms with E-state index in [-0.39, 0.29) is 5.91 Å². The highest BCUT2D eigenvalue weighted by atomic mass is 16.5. The van der Waals surface area contributed by atoms with E-state index in [4.69, 9.17) is 10.5 Å². The van der Waals surface area contributed by atoms with E-state index in [1.165, 1.54) is 0 Å². The monoisotopic (exact) mass is 262 g/mol. The lowest BCUT2D eigenvalue weighted by atomic mass is 10.1. The molecule has 0 bridgehead atoms. The molecule has 1 aromatic rings. The number of nitrogens with two attached hydrogens (primary N) is 1. The van der Waals surface area contributed by atoms with Crippen LogP contribution in [0.3, 0.4) is 0 Å². The summed E-state index contributed by atoms with van der Waals surface area (Å²) in [5.41, 5.74) is 5.95. The van der Waals surface area contributed by atoms with Gasteiger partial charge < -0.3 is 15.8 Å². The third-order valence-electron chi connectivity index (χ3n) is 3.32. The third kappa shape index (κ3) is 3.96. The second-order valence-corrected chi connectivity index (χ2v) is 5.67. The summed E-state index contributed by atoms with van der Waals surface area (Å²) in [5.74, 6) is 1.37. The molecule has 1 aromatic carbocycles. The van der Waals surface area contributed by atoms with Crippen LogP contribution in [0.2, 0.25) is 0 Å². The van der Waals surface area contributed by atoms with Gasteiger partial charge in [0.15, 0.2) is 0 Å². The van der Waals surface area contributed by atoms with E-state index < -0.39 is 5.54 Å². The first-order chi connectivity index (χ1) is 8.99. The predicted octanol–water partition coefficient (Wildman–Crippen LogP) is 2.54. The molecule has 2 rings (SSSR count). The van der Waals surface area contributed by atoms with Crippen LogP contribution >= 0.6 is 0 Å². The highest BCUT2D eigenvalue weighted by Crippen LogP contribution is 2.33. The largest absolute Gasteiger partial charge is 0.494 e. The smallest absolute Gasteiger partial charge is 0.244 e. The molecule has 104 valence electrons. The Balaban J connectivity index is 1.82.